The third kappa shape index (κ3) is 1.57. The zero-order chi connectivity index (χ0) is 13.1. The standard InChI is InChI=1S/C16H23NO2/c1-12(18)17-11-16-8-5-14(19-16)9-13(16)10-15(17)6-3-2-4-7-15/h5,8,13-14H,2-4,6-7,9-11H2,1H3/t13-,14-,16-/m1/s1. The SMILES string of the molecule is CC(=O)N1C[C@]23C=C[C@H](C[C@@H]2CC12CCCCC2)O3. The Balaban J connectivity index is 1.69. The van der Waals surface area contributed by atoms with Crippen molar-refractivity contribution in [3.63, 3.8) is 0 Å². The first-order valence-electron chi connectivity index (χ1n) is 7.79. The third-order valence-corrected chi connectivity index (χ3v) is 5.94. The Bertz CT molecular complexity index is 438. The monoisotopic (exact) mass is 261 g/mol. The molecule has 3 heteroatoms. The predicted molar refractivity (Wildman–Crippen MR) is 72.7 cm³/mol. The molecule has 4 rings (SSSR count). The fourth-order valence-electron chi connectivity index (χ4n) is 5.06. The van der Waals surface area contributed by atoms with Gasteiger partial charge in [-0.2, -0.15) is 0 Å². The molecular formula is C16H23NO2. The lowest BCUT2D eigenvalue weighted by molar-refractivity contribution is -0.153. The van der Waals surface area contributed by atoms with E-state index in [1.54, 1.807) is 6.92 Å². The lowest BCUT2D eigenvalue weighted by Crippen LogP contribution is -2.64. The van der Waals surface area contributed by atoms with E-state index in [1.165, 1.54) is 38.5 Å². The molecule has 1 aliphatic carbocycles. The second-order valence-corrected chi connectivity index (χ2v) is 7.00. The van der Waals surface area contributed by atoms with Crippen LogP contribution in [-0.4, -0.2) is 34.6 Å². The number of hydrogen-bond donors (Lipinski definition) is 0. The fourth-order valence-corrected chi connectivity index (χ4v) is 5.06. The van der Waals surface area contributed by atoms with Crippen LogP contribution >= 0.6 is 0 Å². The van der Waals surface area contributed by atoms with Gasteiger partial charge in [-0.3, -0.25) is 4.79 Å². The Morgan fingerprint density at radius 1 is 1.32 bits per heavy atom. The Hall–Kier alpha value is -0.830. The first-order chi connectivity index (χ1) is 9.14. The Kier molecular flexibility index (Phi) is 2.42. The molecule has 19 heavy (non-hydrogen) atoms. The molecule has 4 aliphatic rings. The van der Waals surface area contributed by atoms with Crippen LogP contribution in [0, 0.1) is 5.92 Å². The van der Waals surface area contributed by atoms with Crippen LogP contribution in [0.5, 0.6) is 0 Å². The van der Waals surface area contributed by atoms with Crippen molar-refractivity contribution in [1.29, 1.82) is 0 Å². The van der Waals surface area contributed by atoms with Crippen molar-refractivity contribution in [2.45, 2.75) is 69.1 Å². The summed E-state index contributed by atoms with van der Waals surface area (Å²) in [5.41, 5.74) is 0.0146. The van der Waals surface area contributed by atoms with Gasteiger partial charge < -0.3 is 9.64 Å². The van der Waals surface area contributed by atoms with E-state index in [0.717, 1.165) is 13.0 Å². The molecule has 3 heterocycles. The topological polar surface area (TPSA) is 29.5 Å². The highest BCUT2D eigenvalue weighted by atomic mass is 16.5. The molecule has 0 N–H and O–H groups in total. The molecule has 1 amide bonds. The molecule has 3 aliphatic heterocycles. The zero-order valence-electron chi connectivity index (χ0n) is 11.7. The highest BCUT2D eigenvalue weighted by molar-refractivity contribution is 5.74. The maximum absolute atomic E-state index is 12.2. The molecule has 2 saturated heterocycles. The van der Waals surface area contributed by atoms with Crippen LogP contribution in [0.25, 0.3) is 0 Å². The molecule has 3 atom stereocenters. The molecule has 0 aromatic heterocycles. The number of carbonyl (C=O) groups excluding carboxylic acids is 1. The summed E-state index contributed by atoms with van der Waals surface area (Å²) in [5, 5.41) is 0. The van der Waals surface area contributed by atoms with Crippen molar-refractivity contribution in [2.24, 2.45) is 5.92 Å². The number of piperidine rings is 1. The van der Waals surface area contributed by atoms with Crippen LogP contribution in [0.2, 0.25) is 0 Å². The molecule has 0 radical (unpaired) electrons. The van der Waals surface area contributed by atoms with Gasteiger partial charge in [0.05, 0.1) is 12.6 Å². The van der Waals surface area contributed by atoms with Crippen LogP contribution in [0.15, 0.2) is 12.2 Å². The van der Waals surface area contributed by atoms with Crippen LogP contribution in [0.3, 0.4) is 0 Å². The smallest absolute Gasteiger partial charge is 0.220 e. The Morgan fingerprint density at radius 2 is 2.11 bits per heavy atom. The van der Waals surface area contributed by atoms with Crippen molar-refractivity contribution < 1.29 is 9.53 Å². The Morgan fingerprint density at radius 3 is 2.79 bits per heavy atom. The van der Waals surface area contributed by atoms with Crippen LogP contribution in [0.1, 0.15) is 51.9 Å². The molecule has 0 aromatic rings. The van der Waals surface area contributed by atoms with E-state index in [1.807, 2.05) is 0 Å². The number of rotatable bonds is 0. The molecule has 0 unspecified atom stereocenters. The van der Waals surface area contributed by atoms with Crippen LogP contribution in [-0.2, 0) is 9.53 Å². The highest BCUT2D eigenvalue weighted by Crippen LogP contribution is 2.54. The quantitative estimate of drug-likeness (QED) is 0.627. The summed E-state index contributed by atoms with van der Waals surface area (Å²) in [5.74, 6) is 0.873. The summed E-state index contributed by atoms with van der Waals surface area (Å²) < 4.78 is 6.17. The number of carbonyl (C=O) groups is 1. The van der Waals surface area contributed by atoms with Gasteiger partial charge in [-0.1, -0.05) is 31.4 Å². The maximum Gasteiger partial charge on any atom is 0.220 e. The van der Waals surface area contributed by atoms with E-state index >= 15 is 0 Å². The minimum absolute atomic E-state index is 0.140. The van der Waals surface area contributed by atoms with Gasteiger partial charge in [-0.15, -0.1) is 0 Å². The average molecular weight is 261 g/mol. The normalized spacial score (nSPS) is 42.7. The molecule has 2 spiro atoms. The molecule has 2 bridgehead atoms. The van der Waals surface area contributed by atoms with Crippen LogP contribution < -0.4 is 0 Å². The second-order valence-electron chi connectivity index (χ2n) is 7.00. The highest BCUT2D eigenvalue weighted by Gasteiger charge is 2.59. The summed E-state index contributed by atoms with van der Waals surface area (Å²) in [6.07, 6.45) is 13.4. The summed E-state index contributed by atoms with van der Waals surface area (Å²) >= 11 is 0. The largest absolute Gasteiger partial charge is 0.361 e. The second kappa shape index (κ2) is 3.85. The van der Waals surface area contributed by atoms with Crippen molar-refractivity contribution in [2.75, 3.05) is 6.54 Å². The average Bonchev–Trinajstić information content (AvgIpc) is 2.94. The number of fused-ring (bicyclic) bond motifs is 1. The molecule has 3 fully saturated rings. The first-order valence-corrected chi connectivity index (χ1v) is 7.79. The zero-order valence-corrected chi connectivity index (χ0v) is 11.7. The lowest BCUT2D eigenvalue weighted by Gasteiger charge is -2.55. The molecule has 3 nitrogen and oxygen atoms in total. The van der Waals surface area contributed by atoms with E-state index < -0.39 is 0 Å². The molecule has 1 saturated carbocycles. The van der Waals surface area contributed by atoms with Crippen molar-refractivity contribution in [3.8, 4) is 0 Å². The number of ether oxygens (including phenoxy) is 1. The minimum atomic E-state index is -0.140. The van der Waals surface area contributed by atoms with Gasteiger partial charge >= 0.3 is 0 Å². The van der Waals surface area contributed by atoms with Crippen molar-refractivity contribution in [1.82, 2.24) is 4.90 Å². The summed E-state index contributed by atoms with van der Waals surface area (Å²) in [6.45, 7) is 2.53. The third-order valence-electron chi connectivity index (χ3n) is 5.94. The number of amides is 1. The summed E-state index contributed by atoms with van der Waals surface area (Å²) in [4.78, 5) is 14.3. The number of hydrogen-bond acceptors (Lipinski definition) is 2. The van der Waals surface area contributed by atoms with Gasteiger partial charge in [0.2, 0.25) is 5.91 Å². The van der Waals surface area contributed by atoms with E-state index in [4.69, 9.17) is 4.74 Å². The molecular weight excluding hydrogens is 238 g/mol. The van der Waals surface area contributed by atoms with Gasteiger partial charge in [0.1, 0.15) is 5.60 Å². The first kappa shape index (κ1) is 12.0. The molecule has 0 aromatic carbocycles. The minimum Gasteiger partial charge on any atom is -0.361 e. The maximum atomic E-state index is 12.2. The number of likely N-dealkylation sites (tertiary alicyclic amines) is 1. The van der Waals surface area contributed by atoms with Gasteiger partial charge in [0.25, 0.3) is 0 Å². The van der Waals surface area contributed by atoms with E-state index in [2.05, 4.69) is 17.1 Å². The van der Waals surface area contributed by atoms with Crippen molar-refractivity contribution >= 4 is 5.91 Å². The van der Waals surface area contributed by atoms with Gasteiger partial charge in [-0.05, 0) is 31.6 Å². The van der Waals surface area contributed by atoms with Gasteiger partial charge in [0.15, 0.2) is 0 Å². The molecule has 104 valence electrons. The van der Waals surface area contributed by atoms with Gasteiger partial charge in [-0.25, -0.2) is 0 Å². The summed E-state index contributed by atoms with van der Waals surface area (Å²) in [6, 6.07) is 0. The van der Waals surface area contributed by atoms with E-state index in [0.29, 0.717) is 12.0 Å². The lowest BCUT2D eigenvalue weighted by atomic mass is 9.65. The predicted octanol–water partition coefficient (Wildman–Crippen LogP) is 2.66. The van der Waals surface area contributed by atoms with Crippen molar-refractivity contribution in [3.05, 3.63) is 12.2 Å². The van der Waals surface area contributed by atoms with E-state index in [9.17, 15) is 4.79 Å². The Labute approximate surface area is 115 Å². The fraction of sp³-hybridized carbons (Fsp3) is 0.812. The number of nitrogens with zero attached hydrogens (tertiary/aromatic N) is 1. The van der Waals surface area contributed by atoms with Gasteiger partial charge in [0, 0.05) is 12.5 Å². The summed E-state index contributed by atoms with van der Waals surface area (Å²) in [7, 11) is 0. The van der Waals surface area contributed by atoms with E-state index in [-0.39, 0.29) is 17.0 Å². The van der Waals surface area contributed by atoms with Crippen LogP contribution in [0.4, 0.5) is 0 Å².